The average molecular weight is 624 g/mol. The molecule has 48 heavy (non-hydrogen) atoms. The number of hydrogen-bond donors (Lipinski definition) is 3. The van der Waals surface area contributed by atoms with Gasteiger partial charge in [-0.3, -0.25) is 10.4 Å². The Morgan fingerprint density at radius 2 is 1.27 bits per heavy atom. The summed E-state index contributed by atoms with van der Waals surface area (Å²) in [6, 6.07) is 49.1. The van der Waals surface area contributed by atoms with Crippen molar-refractivity contribution >= 4 is 28.0 Å². The van der Waals surface area contributed by atoms with Crippen LogP contribution in [0.4, 0.5) is 11.4 Å². The van der Waals surface area contributed by atoms with Gasteiger partial charge in [-0.1, -0.05) is 124 Å². The van der Waals surface area contributed by atoms with Crippen molar-refractivity contribution in [3.05, 3.63) is 168 Å². The number of nitrogens with one attached hydrogen (secondary N) is 2. The fraction of sp³-hybridized carbons (Fsp3) is 0.0909. The summed E-state index contributed by atoms with van der Waals surface area (Å²) in [4.78, 5) is 4.89. The van der Waals surface area contributed by atoms with E-state index in [2.05, 4.69) is 111 Å². The molecule has 3 N–H and O–H groups in total. The smallest absolute Gasteiger partial charge is 0.124 e. The molecule has 0 amide bonds. The van der Waals surface area contributed by atoms with Gasteiger partial charge < -0.3 is 10.4 Å². The minimum Gasteiger partial charge on any atom is -0.507 e. The zero-order valence-corrected chi connectivity index (χ0v) is 27.3. The molecule has 4 heteroatoms. The number of para-hydroxylation sites is 1. The number of aromatic hydroxyl groups is 1. The third kappa shape index (κ3) is 6.08. The van der Waals surface area contributed by atoms with E-state index in [-0.39, 0.29) is 16.9 Å². The van der Waals surface area contributed by atoms with Crippen LogP contribution in [0.25, 0.3) is 44.3 Å². The Kier molecular flexibility index (Phi) is 8.08. The first-order chi connectivity index (χ1) is 23.3. The zero-order valence-electron chi connectivity index (χ0n) is 27.3. The summed E-state index contributed by atoms with van der Waals surface area (Å²) < 4.78 is 0. The number of hydrogen-bond acceptors (Lipinski definition) is 4. The van der Waals surface area contributed by atoms with E-state index in [4.69, 9.17) is 4.98 Å². The van der Waals surface area contributed by atoms with E-state index < -0.39 is 0 Å². The van der Waals surface area contributed by atoms with E-state index in [1.54, 1.807) is 6.07 Å². The summed E-state index contributed by atoms with van der Waals surface area (Å²) in [5.74, 6) is 0.0921. The number of phenolic OH excluding ortho intramolecular Hbond substituents is 1. The normalized spacial score (nSPS) is 11.4. The minimum atomic E-state index is -0.118. The Morgan fingerprint density at radius 1 is 0.604 bits per heavy atom. The van der Waals surface area contributed by atoms with Crippen LogP contribution in [-0.2, 0) is 5.41 Å². The number of nitrogens with zero attached hydrogens (tertiary/aromatic N) is 1. The maximum absolute atomic E-state index is 10.8. The quantitative estimate of drug-likeness (QED) is 0.155. The first kappa shape index (κ1) is 30.6. The van der Waals surface area contributed by atoms with Crippen LogP contribution in [0.2, 0.25) is 0 Å². The third-order valence-corrected chi connectivity index (χ3v) is 8.81. The summed E-state index contributed by atoms with van der Waals surface area (Å²) in [6.07, 6.45) is 1.85. The standard InChI is InChI=1S/C44H37N3O/c1-44(2,3)33-20-23-41(48)39(28-33)42(45)38-17-10-11-19-40(38)47-34-26-31(29-13-6-4-7-14-29)25-32(27-34)36-22-21-35(30-15-8-5-9-16-30)37-18-12-24-46-43(36)37/h4-28,45,47-48H,1-3H3. The van der Waals surface area contributed by atoms with Gasteiger partial charge >= 0.3 is 0 Å². The maximum Gasteiger partial charge on any atom is 0.124 e. The van der Waals surface area contributed by atoms with E-state index in [9.17, 15) is 10.5 Å². The highest BCUT2D eigenvalue weighted by molar-refractivity contribution is 6.16. The highest BCUT2D eigenvalue weighted by Crippen LogP contribution is 2.38. The van der Waals surface area contributed by atoms with Crippen molar-refractivity contribution in [3.8, 4) is 39.1 Å². The van der Waals surface area contributed by atoms with Crippen molar-refractivity contribution in [3.63, 3.8) is 0 Å². The predicted molar refractivity (Wildman–Crippen MR) is 201 cm³/mol. The van der Waals surface area contributed by atoms with Crippen molar-refractivity contribution in [1.29, 1.82) is 5.41 Å². The molecule has 4 nitrogen and oxygen atoms in total. The maximum atomic E-state index is 10.8. The van der Waals surface area contributed by atoms with Crippen molar-refractivity contribution in [2.45, 2.75) is 26.2 Å². The Labute approximate surface area is 281 Å². The number of anilines is 2. The van der Waals surface area contributed by atoms with Crippen LogP contribution in [0, 0.1) is 5.41 Å². The number of phenols is 1. The van der Waals surface area contributed by atoms with Gasteiger partial charge in [0.2, 0.25) is 0 Å². The number of rotatable bonds is 7. The fourth-order valence-electron chi connectivity index (χ4n) is 6.24. The molecule has 234 valence electrons. The van der Waals surface area contributed by atoms with E-state index in [1.165, 1.54) is 0 Å². The van der Waals surface area contributed by atoms with E-state index in [1.807, 2.05) is 60.8 Å². The van der Waals surface area contributed by atoms with Gasteiger partial charge in [-0.2, -0.15) is 0 Å². The number of pyridine rings is 1. The first-order valence-corrected chi connectivity index (χ1v) is 16.2. The molecule has 0 atom stereocenters. The lowest BCUT2D eigenvalue weighted by atomic mass is 9.85. The van der Waals surface area contributed by atoms with Gasteiger partial charge in [-0.05, 0) is 81.3 Å². The number of benzene rings is 6. The lowest BCUT2D eigenvalue weighted by Gasteiger charge is -2.21. The van der Waals surface area contributed by atoms with Gasteiger partial charge in [0.1, 0.15) is 5.75 Å². The second kappa shape index (κ2) is 12.7. The zero-order chi connectivity index (χ0) is 33.3. The molecule has 7 rings (SSSR count). The highest BCUT2D eigenvalue weighted by atomic mass is 16.3. The molecule has 0 saturated heterocycles. The molecule has 0 aliphatic rings. The van der Waals surface area contributed by atoms with Crippen molar-refractivity contribution in [2.75, 3.05) is 5.32 Å². The minimum absolute atomic E-state index is 0.0921. The van der Waals surface area contributed by atoms with Crippen LogP contribution in [0.5, 0.6) is 5.75 Å². The monoisotopic (exact) mass is 623 g/mol. The molecule has 1 aromatic heterocycles. The molecule has 0 aliphatic carbocycles. The van der Waals surface area contributed by atoms with Crippen LogP contribution in [0.3, 0.4) is 0 Å². The number of fused-ring (bicyclic) bond motifs is 1. The summed E-state index contributed by atoms with van der Waals surface area (Å²) in [6.45, 7) is 6.40. The molecule has 1 heterocycles. The van der Waals surface area contributed by atoms with Crippen LogP contribution >= 0.6 is 0 Å². The molecule has 6 aromatic carbocycles. The summed E-state index contributed by atoms with van der Waals surface area (Å²) >= 11 is 0. The van der Waals surface area contributed by atoms with Gasteiger partial charge in [-0.25, -0.2) is 0 Å². The molecule has 0 spiro atoms. The van der Waals surface area contributed by atoms with Gasteiger partial charge in [-0.15, -0.1) is 0 Å². The van der Waals surface area contributed by atoms with Crippen molar-refractivity contribution in [1.82, 2.24) is 4.98 Å². The Hall–Kier alpha value is -6.00. The molecule has 0 aliphatic heterocycles. The molecule has 0 saturated carbocycles. The van der Waals surface area contributed by atoms with Crippen LogP contribution < -0.4 is 5.32 Å². The third-order valence-electron chi connectivity index (χ3n) is 8.81. The van der Waals surface area contributed by atoms with Crippen LogP contribution in [0.15, 0.2) is 152 Å². The average Bonchev–Trinajstić information content (AvgIpc) is 3.11. The van der Waals surface area contributed by atoms with Gasteiger partial charge in [0.15, 0.2) is 0 Å². The van der Waals surface area contributed by atoms with E-state index in [0.29, 0.717) is 11.1 Å². The number of aromatic nitrogens is 1. The first-order valence-electron chi connectivity index (χ1n) is 16.2. The van der Waals surface area contributed by atoms with E-state index in [0.717, 1.165) is 61.2 Å². The van der Waals surface area contributed by atoms with Gasteiger partial charge in [0.05, 0.1) is 11.2 Å². The molecular weight excluding hydrogens is 587 g/mol. The summed E-state index contributed by atoms with van der Waals surface area (Å²) in [7, 11) is 0. The lowest BCUT2D eigenvalue weighted by molar-refractivity contribution is 0.473. The van der Waals surface area contributed by atoms with Crippen molar-refractivity contribution in [2.24, 2.45) is 0 Å². The molecule has 0 fully saturated rings. The van der Waals surface area contributed by atoms with Crippen LogP contribution in [-0.4, -0.2) is 15.8 Å². The molecular formula is C44H37N3O. The van der Waals surface area contributed by atoms with Crippen LogP contribution in [0.1, 0.15) is 37.5 Å². The van der Waals surface area contributed by atoms with E-state index >= 15 is 0 Å². The fourth-order valence-corrected chi connectivity index (χ4v) is 6.24. The topological polar surface area (TPSA) is 69.0 Å². The van der Waals surface area contributed by atoms with Gasteiger partial charge in [0.25, 0.3) is 0 Å². The van der Waals surface area contributed by atoms with Gasteiger partial charge in [0, 0.05) is 39.6 Å². The summed E-state index contributed by atoms with van der Waals surface area (Å²) in [5, 5.41) is 24.8. The second-order valence-corrected chi connectivity index (χ2v) is 13.1. The Morgan fingerprint density at radius 3 is 2.02 bits per heavy atom. The Balaban J connectivity index is 1.35. The summed E-state index contributed by atoms with van der Waals surface area (Å²) in [5.41, 5.74) is 11.5. The highest BCUT2D eigenvalue weighted by Gasteiger charge is 2.20. The van der Waals surface area contributed by atoms with Crippen molar-refractivity contribution < 1.29 is 5.11 Å². The predicted octanol–water partition coefficient (Wildman–Crippen LogP) is 11.4. The lowest BCUT2D eigenvalue weighted by Crippen LogP contribution is -2.13. The molecule has 0 unspecified atom stereocenters. The largest absolute Gasteiger partial charge is 0.507 e. The SMILES string of the molecule is CC(C)(C)c1ccc(O)c(C(=N)c2ccccc2Nc2cc(-c3ccccc3)cc(-c3ccc(-c4ccccc4)c4cccnc34)c2)c1. The molecule has 0 bridgehead atoms. The second-order valence-electron chi connectivity index (χ2n) is 13.1. The Bertz CT molecular complexity index is 2270. The molecule has 0 radical (unpaired) electrons. The molecule has 7 aromatic rings.